The van der Waals surface area contributed by atoms with Gasteiger partial charge in [-0.05, 0) is 52.9 Å². The Kier molecular flexibility index (Phi) is 5.39. The number of aliphatic imine (C=N–C) groups is 1. The lowest BCUT2D eigenvalue weighted by molar-refractivity contribution is -0.115. The van der Waals surface area contributed by atoms with Crippen LogP contribution in [0, 0.1) is 0 Å². The molecule has 4 nitrogen and oxygen atoms in total. The van der Waals surface area contributed by atoms with Gasteiger partial charge in [0.2, 0.25) is 5.91 Å². The highest BCUT2D eigenvalue weighted by atomic mass is 35.5. The molecule has 146 valence electrons. The molecule has 0 unspecified atom stereocenters. The Morgan fingerprint density at radius 3 is 2.48 bits per heavy atom. The van der Waals surface area contributed by atoms with Crippen LogP contribution < -0.4 is 5.32 Å². The van der Waals surface area contributed by atoms with Crippen molar-refractivity contribution in [2.24, 2.45) is 4.99 Å². The normalized spacial score (nSPS) is 13.6. The zero-order valence-electron chi connectivity index (χ0n) is 16.0. The van der Waals surface area contributed by atoms with E-state index in [9.17, 15) is 4.79 Å². The number of hydrogen-bond donors (Lipinski definition) is 1. The molecule has 1 aliphatic heterocycles. The molecule has 0 fully saturated rings. The Balaban J connectivity index is 1.77. The van der Waals surface area contributed by atoms with Gasteiger partial charge < -0.3 is 5.32 Å². The minimum Gasteiger partial charge on any atom is -0.324 e. The number of fused-ring (bicyclic) bond motifs is 1. The summed E-state index contributed by atoms with van der Waals surface area (Å²) in [4.78, 5) is 21.6. The number of halogens is 2. The van der Waals surface area contributed by atoms with Gasteiger partial charge in [0.25, 0.3) is 0 Å². The Labute approximate surface area is 179 Å². The first-order valence-electron chi connectivity index (χ1n) is 9.34. The van der Waals surface area contributed by atoms with Crippen LogP contribution in [-0.4, -0.2) is 16.6 Å². The molecule has 0 saturated carbocycles. The third-order valence-corrected chi connectivity index (χ3v) is 5.52. The molecule has 4 rings (SSSR count). The van der Waals surface area contributed by atoms with Gasteiger partial charge in [0, 0.05) is 11.9 Å². The van der Waals surface area contributed by atoms with Crippen molar-refractivity contribution in [3.63, 3.8) is 0 Å². The van der Waals surface area contributed by atoms with Gasteiger partial charge >= 0.3 is 0 Å². The molecular formula is C23H19Cl2N3O. The zero-order valence-corrected chi connectivity index (χ0v) is 17.6. The van der Waals surface area contributed by atoms with Gasteiger partial charge in [-0.15, -0.1) is 0 Å². The lowest BCUT2D eigenvalue weighted by Crippen LogP contribution is -2.15. The molecule has 1 amide bonds. The predicted molar refractivity (Wildman–Crippen MR) is 120 cm³/mol. The van der Waals surface area contributed by atoms with Gasteiger partial charge in [-0.25, -0.2) is 0 Å². The van der Waals surface area contributed by atoms with Crippen LogP contribution >= 0.6 is 23.2 Å². The van der Waals surface area contributed by atoms with E-state index in [-0.39, 0.29) is 12.3 Å². The highest BCUT2D eigenvalue weighted by molar-refractivity contribution is 6.42. The second-order valence-electron chi connectivity index (χ2n) is 7.27. The fourth-order valence-electron chi connectivity index (χ4n) is 3.25. The first kappa shape index (κ1) is 19.6. The lowest BCUT2D eigenvalue weighted by Gasteiger charge is -2.10. The van der Waals surface area contributed by atoms with Gasteiger partial charge in [0.1, 0.15) is 0 Å². The summed E-state index contributed by atoms with van der Waals surface area (Å²) in [6, 6.07) is 15.4. The van der Waals surface area contributed by atoms with E-state index in [0.29, 0.717) is 33.0 Å². The van der Waals surface area contributed by atoms with Crippen molar-refractivity contribution in [3.8, 4) is 11.1 Å². The number of anilines is 1. The molecule has 2 heterocycles. The van der Waals surface area contributed by atoms with Crippen molar-refractivity contribution < 1.29 is 4.79 Å². The minimum absolute atomic E-state index is 0.141. The van der Waals surface area contributed by atoms with Crippen LogP contribution in [0.1, 0.15) is 37.4 Å². The van der Waals surface area contributed by atoms with E-state index < -0.39 is 0 Å². The lowest BCUT2D eigenvalue weighted by atomic mass is 9.98. The fraction of sp³-hybridized carbons (Fsp3) is 0.174. The van der Waals surface area contributed by atoms with E-state index >= 15 is 0 Å². The first-order valence-corrected chi connectivity index (χ1v) is 10.1. The number of pyridine rings is 1. The van der Waals surface area contributed by atoms with Crippen molar-refractivity contribution >= 4 is 46.2 Å². The van der Waals surface area contributed by atoms with Crippen LogP contribution in [-0.2, 0) is 4.79 Å². The van der Waals surface area contributed by atoms with Crippen molar-refractivity contribution in [3.05, 3.63) is 76.0 Å². The van der Waals surface area contributed by atoms with E-state index in [0.717, 1.165) is 22.4 Å². The van der Waals surface area contributed by atoms with Crippen molar-refractivity contribution in [2.75, 3.05) is 5.32 Å². The average Bonchev–Trinajstić information content (AvgIpc) is 2.86. The largest absolute Gasteiger partial charge is 0.324 e. The Morgan fingerprint density at radius 1 is 0.966 bits per heavy atom. The van der Waals surface area contributed by atoms with Crippen molar-refractivity contribution in [1.82, 2.24) is 4.98 Å². The Bertz CT molecular complexity index is 1140. The van der Waals surface area contributed by atoms with Crippen molar-refractivity contribution in [2.45, 2.75) is 26.2 Å². The Hall–Kier alpha value is -2.69. The molecule has 0 atom stereocenters. The van der Waals surface area contributed by atoms with E-state index in [1.54, 1.807) is 12.1 Å². The maximum absolute atomic E-state index is 12.4. The third kappa shape index (κ3) is 4.19. The maximum atomic E-state index is 12.4. The first-order chi connectivity index (χ1) is 13.9. The molecule has 1 aromatic heterocycles. The van der Waals surface area contributed by atoms with Gasteiger partial charge in [-0.1, -0.05) is 55.2 Å². The predicted octanol–water partition coefficient (Wildman–Crippen LogP) is 6.64. The monoisotopic (exact) mass is 423 g/mol. The standard InChI is InChI=1S/C23H19Cl2N3O/c1-13(2)19-9-15(6-7-26-19)14-4-3-5-16(8-14)20-12-23(29)28-22-11-18(25)17(24)10-21(22)27-20/h3-11,13H,12H2,1-2H3,(H,28,29). The number of hydrogen-bond acceptors (Lipinski definition) is 3. The van der Waals surface area contributed by atoms with Gasteiger partial charge in [0.15, 0.2) is 0 Å². The summed E-state index contributed by atoms with van der Waals surface area (Å²) in [7, 11) is 0. The van der Waals surface area contributed by atoms with Crippen LogP contribution in [0.4, 0.5) is 11.4 Å². The molecule has 6 heteroatoms. The fourth-order valence-corrected chi connectivity index (χ4v) is 3.57. The van der Waals surface area contributed by atoms with Crippen LogP contribution in [0.5, 0.6) is 0 Å². The topological polar surface area (TPSA) is 54.4 Å². The highest BCUT2D eigenvalue weighted by Crippen LogP contribution is 2.36. The second-order valence-corrected chi connectivity index (χ2v) is 8.09. The van der Waals surface area contributed by atoms with Crippen LogP contribution in [0.2, 0.25) is 10.0 Å². The number of nitrogens with zero attached hydrogens (tertiary/aromatic N) is 2. The van der Waals surface area contributed by atoms with Gasteiger partial charge in [-0.3, -0.25) is 14.8 Å². The summed E-state index contributed by atoms with van der Waals surface area (Å²) in [5, 5.41) is 3.63. The SMILES string of the molecule is CC(C)c1cc(-c2cccc(C3=Nc4cc(Cl)c(Cl)cc4NC(=O)C3)c2)ccn1. The number of rotatable bonds is 3. The molecule has 0 aliphatic carbocycles. The molecular weight excluding hydrogens is 405 g/mol. The van der Waals surface area contributed by atoms with Gasteiger partial charge in [-0.2, -0.15) is 0 Å². The smallest absolute Gasteiger partial charge is 0.230 e. The molecule has 0 saturated heterocycles. The molecule has 2 aromatic carbocycles. The van der Waals surface area contributed by atoms with Crippen LogP contribution in [0.25, 0.3) is 11.1 Å². The summed E-state index contributed by atoms with van der Waals surface area (Å²) in [6.45, 7) is 4.24. The molecule has 1 aliphatic rings. The minimum atomic E-state index is -0.141. The molecule has 0 spiro atoms. The van der Waals surface area contributed by atoms with Crippen LogP contribution in [0.15, 0.2) is 59.7 Å². The molecule has 0 radical (unpaired) electrons. The number of carbonyl (C=O) groups excluding carboxylic acids is 1. The molecule has 3 aromatic rings. The summed E-state index contributed by atoms with van der Waals surface area (Å²) < 4.78 is 0. The molecule has 0 bridgehead atoms. The van der Waals surface area contributed by atoms with E-state index in [2.05, 4.69) is 30.2 Å². The molecule has 1 N–H and O–H groups in total. The molecule has 29 heavy (non-hydrogen) atoms. The second kappa shape index (κ2) is 7.97. The number of nitrogens with one attached hydrogen (secondary N) is 1. The quantitative estimate of drug-likeness (QED) is 0.512. The van der Waals surface area contributed by atoms with Gasteiger partial charge in [0.05, 0.1) is 33.6 Å². The Morgan fingerprint density at radius 2 is 1.69 bits per heavy atom. The maximum Gasteiger partial charge on any atom is 0.230 e. The summed E-state index contributed by atoms with van der Waals surface area (Å²) in [6.07, 6.45) is 2.00. The third-order valence-electron chi connectivity index (χ3n) is 4.80. The van der Waals surface area contributed by atoms with Crippen LogP contribution in [0.3, 0.4) is 0 Å². The summed E-state index contributed by atoms with van der Waals surface area (Å²) >= 11 is 12.2. The number of carbonyl (C=O) groups is 1. The summed E-state index contributed by atoms with van der Waals surface area (Å²) in [5.41, 5.74) is 5.90. The van der Waals surface area contributed by atoms with E-state index in [1.165, 1.54) is 0 Å². The van der Waals surface area contributed by atoms with Crippen molar-refractivity contribution in [1.29, 1.82) is 0 Å². The summed E-state index contributed by atoms with van der Waals surface area (Å²) in [5.74, 6) is 0.207. The number of benzene rings is 2. The average molecular weight is 424 g/mol. The van der Waals surface area contributed by atoms with E-state index in [4.69, 9.17) is 28.2 Å². The highest BCUT2D eigenvalue weighted by Gasteiger charge is 2.19. The van der Waals surface area contributed by atoms with E-state index in [1.807, 2.05) is 36.5 Å². The number of aromatic nitrogens is 1. The number of amides is 1. The zero-order chi connectivity index (χ0) is 20.5.